The monoisotopic (exact) mass is 312 g/mol. The number of aryl methyl sites for hydroxylation is 1. The van der Waals surface area contributed by atoms with Crippen molar-refractivity contribution in [3.05, 3.63) is 35.3 Å². The zero-order valence-corrected chi connectivity index (χ0v) is 12.8. The molecule has 0 atom stereocenters. The highest BCUT2D eigenvalue weighted by Gasteiger charge is 2.18. The number of halogens is 1. The number of ketones is 1. The second kappa shape index (κ2) is 5.97. The van der Waals surface area contributed by atoms with E-state index in [1.807, 2.05) is 0 Å². The first-order valence-corrected chi connectivity index (χ1v) is 8.58. The minimum absolute atomic E-state index is 0.0108. The van der Waals surface area contributed by atoms with Gasteiger partial charge in [-0.3, -0.25) is 4.79 Å². The van der Waals surface area contributed by atoms with Crippen LogP contribution in [0.5, 0.6) is 0 Å². The van der Waals surface area contributed by atoms with Crippen molar-refractivity contribution in [3.63, 3.8) is 0 Å². The van der Waals surface area contributed by atoms with E-state index in [4.69, 9.17) is 4.42 Å². The van der Waals surface area contributed by atoms with Gasteiger partial charge in [-0.05, 0) is 31.5 Å². The normalized spacial score (nSPS) is 12.0. The van der Waals surface area contributed by atoms with Gasteiger partial charge in [-0.2, -0.15) is 0 Å². The lowest BCUT2D eigenvalue weighted by atomic mass is 10.1. The molecule has 0 aliphatic carbocycles. The smallest absolute Gasteiger partial charge is 0.198 e. The Balaban J connectivity index is 2.15. The molecule has 2 rings (SSSR count). The van der Waals surface area contributed by atoms with E-state index in [1.54, 1.807) is 13.8 Å². The van der Waals surface area contributed by atoms with Crippen molar-refractivity contribution in [2.24, 2.45) is 0 Å². The Kier molecular flexibility index (Phi) is 4.46. The lowest BCUT2D eigenvalue weighted by molar-refractivity contribution is 0.0956. The molecule has 6 heteroatoms. The van der Waals surface area contributed by atoms with Crippen LogP contribution in [0.2, 0.25) is 0 Å². The number of hydrogen-bond donors (Lipinski definition) is 0. The first-order valence-electron chi connectivity index (χ1n) is 6.76. The third-order valence-electron chi connectivity index (χ3n) is 3.45. The van der Waals surface area contributed by atoms with Gasteiger partial charge >= 0.3 is 0 Å². The molecule has 2 aromatic rings. The minimum Gasteiger partial charge on any atom is -0.453 e. The molecule has 1 aromatic carbocycles. The highest BCUT2D eigenvalue weighted by molar-refractivity contribution is 7.91. The molecule has 0 unspecified atom stereocenters. The minimum atomic E-state index is -3.07. The van der Waals surface area contributed by atoms with Crippen LogP contribution in [-0.2, 0) is 9.84 Å². The molecule has 0 amide bonds. The fourth-order valence-corrected chi connectivity index (χ4v) is 3.04. The summed E-state index contributed by atoms with van der Waals surface area (Å²) in [5, 5.41) is 0.569. The number of carbonyl (C=O) groups is 1. The molecule has 0 fully saturated rings. The van der Waals surface area contributed by atoms with Gasteiger partial charge in [0.1, 0.15) is 21.2 Å². The number of hydrogen-bond acceptors (Lipinski definition) is 4. The summed E-state index contributed by atoms with van der Waals surface area (Å²) in [6.07, 6.45) is 0.363. The van der Waals surface area contributed by atoms with Gasteiger partial charge in [0.05, 0.1) is 5.75 Å². The number of fused-ring (bicyclic) bond motifs is 1. The molecule has 1 heterocycles. The van der Waals surface area contributed by atoms with Crippen LogP contribution in [0.1, 0.15) is 35.9 Å². The molecule has 114 valence electrons. The fraction of sp³-hybridized carbons (Fsp3) is 0.400. The fourth-order valence-electron chi connectivity index (χ4n) is 2.17. The molecule has 0 saturated heterocycles. The summed E-state index contributed by atoms with van der Waals surface area (Å²) in [5.41, 5.74) is 1.05. The first kappa shape index (κ1) is 15.7. The van der Waals surface area contributed by atoms with Crippen LogP contribution in [0.3, 0.4) is 0 Å². The van der Waals surface area contributed by atoms with Gasteiger partial charge in [0.2, 0.25) is 0 Å². The van der Waals surface area contributed by atoms with Crippen LogP contribution < -0.4 is 0 Å². The number of Topliss-reactive ketones (excluding diaryl/α,β-unsaturated/α-hetero) is 1. The lowest BCUT2D eigenvalue weighted by Gasteiger charge is -2.00. The molecule has 0 N–H and O–H groups in total. The maximum absolute atomic E-state index is 13.2. The van der Waals surface area contributed by atoms with Crippen LogP contribution in [0, 0.1) is 12.7 Å². The largest absolute Gasteiger partial charge is 0.453 e. The van der Waals surface area contributed by atoms with Crippen LogP contribution in [0.15, 0.2) is 22.6 Å². The van der Waals surface area contributed by atoms with Gasteiger partial charge in [-0.15, -0.1) is 0 Å². The van der Waals surface area contributed by atoms with Gasteiger partial charge in [-0.25, -0.2) is 12.8 Å². The Bertz CT molecular complexity index is 774. The van der Waals surface area contributed by atoms with E-state index in [-0.39, 0.29) is 41.7 Å². The Morgan fingerprint density at radius 3 is 2.71 bits per heavy atom. The molecule has 4 nitrogen and oxygen atoms in total. The van der Waals surface area contributed by atoms with Crippen molar-refractivity contribution >= 4 is 26.6 Å². The van der Waals surface area contributed by atoms with Crippen LogP contribution in [0.4, 0.5) is 4.39 Å². The highest BCUT2D eigenvalue weighted by Crippen LogP contribution is 2.27. The van der Waals surface area contributed by atoms with Crippen molar-refractivity contribution in [2.45, 2.75) is 26.7 Å². The van der Waals surface area contributed by atoms with E-state index >= 15 is 0 Å². The van der Waals surface area contributed by atoms with E-state index in [2.05, 4.69) is 0 Å². The van der Waals surface area contributed by atoms with Gasteiger partial charge in [-0.1, -0.05) is 6.92 Å². The number of carbonyl (C=O) groups excluding carboxylic acids is 1. The highest BCUT2D eigenvalue weighted by atomic mass is 32.2. The predicted molar refractivity (Wildman–Crippen MR) is 78.8 cm³/mol. The third-order valence-corrected chi connectivity index (χ3v) is 5.24. The SMILES string of the molecule is CCS(=O)(=O)CCCC(=O)c1oc2ccc(F)cc2c1C. The van der Waals surface area contributed by atoms with Gasteiger partial charge < -0.3 is 4.42 Å². The Morgan fingerprint density at radius 1 is 1.33 bits per heavy atom. The molecular formula is C15H17FO4S. The topological polar surface area (TPSA) is 64.3 Å². The zero-order chi connectivity index (χ0) is 15.6. The maximum Gasteiger partial charge on any atom is 0.198 e. The number of rotatable bonds is 6. The van der Waals surface area contributed by atoms with Crippen LogP contribution >= 0.6 is 0 Å². The summed E-state index contributed by atoms with van der Waals surface area (Å²) in [5.74, 6) is -0.396. The molecule has 21 heavy (non-hydrogen) atoms. The zero-order valence-electron chi connectivity index (χ0n) is 12.0. The molecule has 0 aliphatic heterocycles. The van der Waals surface area contributed by atoms with Crippen LogP contribution in [-0.4, -0.2) is 25.7 Å². The number of furan rings is 1. The summed E-state index contributed by atoms with van der Waals surface area (Å²) < 4.78 is 41.4. The standard InChI is InChI=1S/C15H17FO4S/c1-3-21(18,19)8-4-5-13(17)15-10(2)12-9-11(16)6-7-14(12)20-15/h6-7,9H,3-5,8H2,1-2H3. The third kappa shape index (κ3) is 3.50. The Hall–Kier alpha value is -1.69. The molecule has 0 spiro atoms. The summed E-state index contributed by atoms with van der Waals surface area (Å²) in [6, 6.07) is 4.08. The van der Waals surface area contributed by atoms with Gasteiger partial charge in [0.25, 0.3) is 0 Å². The van der Waals surface area contributed by atoms with E-state index < -0.39 is 9.84 Å². The summed E-state index contributed by atoms with van der Waals surface area (Å²) in [7, 11) is -3.07. The van der Waals surface area contributed by atoms with Crippen molar-refractivity contribution in [2.75, 3.05) is 11.5 Å². The molecule has 0 aliphatic rings. The summed E-state index contributed by atoms with van der Waals surface area (Å²) >= 11 is 0. The second-order valence-electron chi connectivity index (χ2n) is 4.96. The van der Waals surface area contributed by atoms with E-state index in [0.717, 1.165) is 0 Å². The maximum atomic E-state index is 13.2. The molecule has 0 bridgehead atoms. The molecular weight excluding hydrogens is 295 g/mol. The van der Waals surface area contributed by atoms with Gasteiger partial charge in [0.15, 0.2) is 11.5 Å². The van der Waals surface area contributed by atoms with E-state index in [1.165, 1.54) is 18.2 Å². The van der Waals surface area contributed by atoms with Crippen molar-refractivity contribution in [3.8, 4) is 0 Å². The number of benzene rings is 1. The van der Waals surface area contributed by atoms with E-state index in [9.17, 15) is 17.6 Å². The van der Waals surface area contributed by atoms with E-state index in [0.29, 0.717) is 16.5 Å². The first-order chi connectivity index (χ1) is 9.84. The quantitative estimate of drug-likeness (QED) is 0.768. The van der Waals surface area contributed by atoms with Crippen molar-refractivity contribution in [1.29, 1.82) is 0 Å². The average Bonchev–Trinajstić information content (AvgIpc) is 2.76. The summed E-state index contributed by atoms with van der Waals surface area (Å²) in [6.45, 7) is 3.27. The Labute approximate surface area is 122 Å². The molecule has 1 aromatic heterocycles. The van der Waals surface area contributed by atoms with Crippen LogP contribution in [0.25, 0.3) is 11.0 Å². The van der Waals surface area contributed by atoms with Crippen molar-refractivity contribution in [1.82, 2.24) is 0 Å². The van der Waals surface area contributed by atoms with Gasteiger partial charge in [0, 0.05) is 23.1 Å². The average molecular weight is 312 g/mol. The Morgan fingerprint density at radius 2 is 2.05 bits per heavy atom. The number of sulfone groups is 1. The predicted octanol–water partition coefficient (Wildman–Crippen LogP) is 3.28. The lowest BCUT2D eigenvalue weighted by Crippen LogP contribution is -2.10. The molecule has 0 saturated carbocycles. The van der Waals surface area contributed by atoms with Crippen molar-refractivity contribution < 1.29 is 22.0 Å². The molecule has 0 radical (unpaired) electrons. The second-order valence-corrected chi connectivity index (χ2v) is 7.43. The summed E-state index contributed by atoms with van der Waals surface area (Å²) in [4.78, 5) is 12.1.